The second-order valence-electron chi connectivity index (χ2n) is 3.96. The molecule has 0 heterocycles. The Kier molecular flexibility index (Phi) is 3.04. The zero-order valence-corrected chi connectivity index (χ0v) is 8.41. The fourth-order valence-corrected chi connectivity index (χ4v) is 1.95. The molecule has 2 rings (SSSR count). The van der Waals surface area contributed by atoms with E-state index in [4.69, 9.17) is 10.5 Å². The lowest BCUT2D eigenvalue weighted by Gasteiger charge is -2.10. The Morgan fingerprint density at radius 2 is 2.07 bits per heavy atom. The Morgan fingerprint density at radius 3 is 2.79 bits per heavy atom. The average Bonchev–Trinajstić information content (AvgIpc) is 2.67. The van der Waals surface area contributed by atoms with Crippen LogP contribution in [-0.2, 0) is 11.3 Å². The normalized spacial score (nSPS) is 17.4. The highest BCUT2D eigenvalue weighted by Crippen LogP contribution is 2.22. The quantitative estimate of drug-likeness (QED) is 0.745. The molecule has 2 N–H and O–H groups in total. The molecule has 1 aromatic carbocycles. The highest BCUT2D eigenvalue weighted by atomic mass is 16.5. The van der Waals surface area contributed by atoms with E-state index >= 15 is 0 Å². The highest BCUT2D eigenvalue weighted by molar-refractivity contribution is 5.40. The predicted octanol–water partition coefficient (Wildman–Crippen LogP) is 2.73. The first-order chi connectivity index (χ1) is 6.84. The monoisotopic (exact) mass is 191 g/mol. The zero-order chi connectivity index (χ0) is 9.80. The number of nitrogens with two attached hydrogens (primary N) is 1. The molecule has 2 heteroatoms. The topological polar surface area (TPSA) is 35.2 Å². The largest absolute Gasteiger partial charge is 0.399 e. The van der Waals surface area contributed by atoms with E-state index in [2.05, 4.69) is 6.07 Å². The van der Waals surface area contributed by atoms with E-state index in [1.54, 1.807) is 0 Å². The van der Waals surface area contributed by atoms with Crippen molar-refractivity contribution in [3.8, 4) is 0 Å². The summed E-state index contributed by atoms with van der Waals surface area (Å²) in [5.74, 6) is 0. The molecule has 0 unspecified atom stereocenters. The molecule has 0 aliphatic heterocycles. The minimum Gasteiger partial charge on any atom is -0.399 e. The van der Waals surface area contributed by atoms with E-state index in [-0.39, 0.29) is 0 Å². The van der Waals surface area contributed by atoms with Crippen LogP contribution in [0, 0.1) is 0 Å². The summed E-state index contributed by atoms with van der Waals surface area (Å²) in [6.45, 7) is 0.704. The summed E-state index contributed by atoms with van der Waals surface area (Å²) in [6.07, 6.45) is 5.57. The van der Waals surface area contributed by atoms with Gasteiger partial charge in [0.15, 0.2) is 0 Å². The molecule has 1 aliphatic carbocycles. The fraction of sp³-hybridized carbons (Fsp3) is 0.500. The van der Waals surface area contributed by atoms with Gasteiger partial charge < -0.3 is 10.5 Å². The van der Waals surface area contributed by atoms with E-state index in [1.165, 1.54) is 31.2 Å². The van der Waals surface area contributed by atoms with Gasteiger partial charge in [-0.1, -0.05) is 25.0 Å². The minimum atomic E-state index is 0.483. The summed E-state index contributed by atoms with van der Waals surface area (Å²) in [5, 5.41) is 0. The number of hydrogen-bond acceptors (Lipinski definition) is 2. The van der Waals surface area contributed by atoms with E-state index in [1.807, 2.05) is 18.2 Å². The van der Waals surface area contributed by atoms with E-state index in [0.29, 0.717) is 12.7 Å². The van der Waals surface area contributed by atoms with Crippen LogP contribution >= 0.6 is 0 Å². The Morgan fingerprint density at radius 1 is 1.29 bits per heavy atom. The third-order valence-electron chi connectivity index (χ3n) is 2.74. The van der Waals surface area contributed by atoms with Crippen molar-refractivity contribution < 1.29 is 4.74 Å². The Hall–Kier alpha value is -1.02. The number of anilines is 1. The summed E-state index contributed by atoms with van der Waals surface area (Å²) < 4.78 is 5.79. The molecule has 1 aromatic rings. The van der Waals surface area contributed by atoms with Gasteiger partial charge >= 0.3 is 0 Å². The lowest BCUT2D eigenvalue weighted by atomic mass is 10.2. The van der Waals surface area contributed by atoms with Crippen molar-refractivity contribution in [3.05, 3.63) is 29.8 Å². The van der Waals surface area contributed by atoms with Crippen LogP contribution in [0.25, 0.3) is 0 Å². The molecular weight excluding hydrogens is 174 g/mol. The number of rotatable bonds is 3. The van der Waals surface area contributed by atoms with E-state index in [0.717, 1.165) is 5.69 Å². The average molecular weight is 191 g/mol. The molecule has 0 amide bonds. The summed E-state index contributed by atoms with van der Waals surface area (Å²) in [5.41, 5.74) is 7.68. The van der Waals surface area contributed by atoms with Crippen LogP contribution in [0.1, 0.15) is 31.2 Å². The van der Waals surface area contributed by atoms with Crippen molar-refractivity contribution in [3.63, 3.8) is 0 Å². The Bertz CT molecular complexity index is 292. The van der Waals surface area contributed by atoms with Gasteiger partial charge in [-0.15, -0.1) is 0 Å². The van der Waals surface area contributed by atoms with Gasteiger partial charge in [-0.2, -0.15) is 0 Å². The van der Waals surface area contributed by atoms with Crippen LogP contribution in [0.4, 0.5) is 5.69 Å². The van der Waals surface area contributed by atoms with Crippen molar-refractivity contribution in [2.24, 2.45) is 0 Å². The smallest absolute Gasteiger partial charge is 0.0721 e. The van der Waals surface area contributed by atoms with E-state index in [9.17, 15) is 0 Å². The molecule has 0 aromatic heterocycles. The molecule has 0 spiro atoms. The predicted molar refractivity (Wildman–Crippen MR) is 57.9 cm³/mol. The molecule has 76 valence electrons. The number of nitrogen functional groups attached to an aromatic ring is 1. The van der Waals surface area contributed by atoms with Crippen LogP contribution in [0.3, 0.4) is 0 Å². The molecule has 1 fully saturated rings. The molecule has 0 saturated heterocycles. The van der Waals surface area contributed by atoms with Gasteiger partial charge in [0.05, 0.1) is 12.7 Å². The van der Waals surface area contributed by atoms with Crippen molar-refractivity contribution >= 4 is 5.69 Å². The van der Waals surface area contributed by atoms with Crippen LogP contribution in [0.5, 0.6) is 0 Å². The third kappa shape index (κ3) is 2.48. The second-order valence-corrected chi connectivity index (χ2v) is 3.96. The lowest BCUT2D eigenvalue weighted by molar-refractivity contribution is 0.0457. The van der Waals surface area contributed by atoms with Crippen LogP contribution in [0.2, 0.25) is 0 Å². The molecule has 2 nitrogen and oxygen atoms in total. The maximum Gasteiger partial charge on any atom is 0.0721 e. The summed E-state index contributed by atoms with van der Waals surface area (Å²) >= 11 is 0. The van der Waals surface area contributed by atoms with Crippen LogP contribution in [-0.4, -0.2) is 6.10 Å². The molecule has 0 atom stereocenters. The van der Waals surface area contributed by atoms with E-state index < -0.39 is 0 Å². The first-order valence-electron chi connectivity index (χ1n) is 5.30. The third-order valence-corrected chi connectivity index (χ3v) is 2.74. The van der Waals surface area contributed by atoms with Gasteiger partial charge in [0.25, 0.3) is 0 Å². The fourth-order valence-electron chi connectivity index (χ4n) is 1.95. The highest BCUT2D eigenvalue weighted by Gasteiger charge is 2.14. The Labute approximate surface area is 85.1 Å². The molecular formula is C12H17NO. The summed E-state index contributed by atoms with van der Waals surface area (Å²) in [4.78, 5) is 0. The number of ether oxygens (including phenoxy) is 1. The van der Waals surface area contributed by atoms with Crippen LogP contribution < -0.4 is 5.73 Å². The van der Waals surface area contributed by atoms with Gasteiger partial charge in [-0.25, -0.2) is 0 Å². The maximum absolute atomic E-state index is 5.79. The van der Waals surface area contributed by atoms with Crippen LogP contribution in [0.15, 0.2) is 24.3 Å². The molecule has 14 heavy (non-hydrogen) atoms. The maximum atomic E-state index is 5.79. The summed E-state index contributed by atoms with van der Waals surface area (Å²) in [6, 6.07) is 7.92. The van der Waals surface area contributed by atoms with Gasteiger partial charge in [0.2, 0.25) is 0 Å². The van der Waals surface area contributed by atoms with Crippen molar-refractivity contribution in [2.45, 2.75) is 38.4 Å². The lowest BCUT2D eigenvalue weighted by Crippen LogP contribution is -2.07. The number of benzene rings is 1. The Balaban J connectivity index is 1.85. The summed E-state index contributed by atoms with van der Waals surface area (Å²) in [7, 11) is 0. The van der Waals surface area contributed by atoms with Gasteiger partial charge in [0.1, 0.15) is 0 Å². The standard InChI is InChI=1S/C12H17NO/c13-11-5-3-4-10(8-11)9-14-12-6-1-2-7-12/h3-5,8,12H,1-2,6-7,9,13H2. The molecule has 0 radical (unpaired) electrons. The SMILES string of the molecule is Nc1cccc(COC2CCCC2)c1. The van der Waals surface area contributed by atoms with Crippen molar-refractivity contribution in [1.29, 1.82) is 0 Å². The second kappa shape index (κ2) is 4.47. The zero-order valence-electron chi connectivity index (χ0n) is 8.41. The minimum absolute atomic E-state index is 0.483. The van der Waals surface area contributed by atoms with Gasteiger partial charge in [-0.05, 0) is 30.5 Å². The molecule has 1 aliphatic rings. The van der Waals surface area contributed by atoms with Crippen molar-refractivity contribution in [1.82, 2.24) is 0 Å². The molecule has 0 bridgehead atoms. The van der Waals surface area contributed by atoms with Crippen molar-refractivity contribution in [2.75, 3.05) is 5.73 Å². The van der Waals surface area contributed by atoms with Gasteiger partial charge in [-0.3, -0.25) is 0 Å². The van der Waals surface area contributed by atoms with Gasteiger partial charge in [0, 0.05) is 5.69 Å². The first-order valence-corrected chi connectivity index (χ1v) is 5.30. The number of hydrogen-bond donors (Lipinski definition) is 1. The first kappa shape index (κ1) is 9.53. The molecule has 1 saturated carbocycles.